The Labute approximate surface area is 155 Å². The molecule has 1 unspecified atom stereocenters. The van der Waals surface area contributed by atoms with Gasteiger partial charge in [-0.05, 0) is 37.3 Å². The van der Waals surface area contributed by atoms with Crippen LogP contribution in [-0.2, 0) is 14.6 Å². The van der Waals surface area contributed by atoms with Crippen LogP contribution in [0.2, 0.25) is 10.0 Å². The Bertz CT molecular complexity index is 869. The fourth-order valence-corrected chi connectivity index (χ4v) is 4.46. The SMILES string of the molecule is CC(Sc1ccccc1S(C)(=O)=O)C(=O)Nc1ccc(Cl)c(Cl)c1. The molecule has 0 heterocycles. The molecule has 128 valence electrons. The predicted molar refractivity (Wildman–Crippen MR) is 100.0 cm³/mol. The topological polar surface area (TPSA) is 63.2 Å². The van der Waals surface area contributed by atoms with Crippen molar-refractivity contribution in [3.8, 4) is 0 Å². The minimum Gasteiger partial charge on any atom is -0.325 e. The summed E-state index contributed by atoms with van der Waals surface area (Å²) in [7, 11) is -3.36. The summed E-state index contributed by atoms with van der Waals surface area (Å²) in [6.07, 6.45) is 1.15. The molecule has 2 aromatic rings. The normalized spacial score (nSPS) is 12.7. The number of nitrogens with one attached hydrogen (secondary N) is 1. The van der Waals surface area contributed by atoms with E-state index in [9.17, 15) is 13.2 Å². The maximum Gasteiger partial charge on any atom is 0.237 e. The molecule has 0 aromatic heterocycles. The number of halogens is 2. The van der Waals surface area contributed by atoms with Gasteiger partial charge in [0.05, 0.1) is 20.2 Å². The molecular formula is C16H15Cl2NO3S2. The van der Waals surface area contributed by atoms with E-state index in [0.29, 0.717) is 20.6 Å². The molecule has 24 heavy (non-hydrogen) atoms. The van der Waals surface area contributed by atoms with Gasteiger partial charge < -0.3 is 5.32 Å². The summed E-state index contributed by atoms with van der Waals surface area (Å²) in [6.45, 7) is 1.70. The third-order valence-electron chi connectivity index (χ3n) is 3.11. The summed E-state index contributed by atoms with van der Waals surface area (Å²) < 4.78 is 23.6. The molecule has 4 nitrogen and oxygen atoms in total. The lowest BCUT2D eigenvalue weighted by molar-refractivity contribution is -0.115. The Morgan fingerprint density at radius 1 is 1.12 bits per heavy atom. The van der Waals surface area contributed by atoms with Crippen LogP contribution in [0, 0.1) is 0 Å². The van der Waals surface area contributed by atoms with Crippen LogP contribution >= 0.6 is 35.0 Å². The first kappa shape index (κ1) is 19.1. The molecule has 1 N–H and O–H groups in total. The lowest BCUT2D eigenvalue weighted by Crippen LogP contribution is -2.22. The van der Waals surface area contributed by atoms with Crippen LogP contribution in [0.3, 0.4) is 0 Å². The molecule has 1 amide bonds. The van der Waals surface area contributed by atoms with Gasteiger partial charge in [-0.15, -0.1) is 11.8 Å². The second kappa shape index (κ2) is 7.78. The van der Waals surface area contributed by atoms with Crippen LogP contribution < -0.4 is 5.32 Å². The Morgan fingerprint density at radius 2 is 1.79 bits per heavy atom. The second-order valence-corrected chi connectivity index (χ2v) is 9.28. The number of hydrogen-bond donors (Lipinski definition) is 1. The number of hydrogen-bond acceptors (Lipinski definition) is 4. The van der Waals surface area contributed by atoms with Crippen molar-refractivity contribution in [1.29, 1.82) is 0 Å². The van der Waals surface area contributed by atoms with Crippen LogP contribution in [0.15, 0.2) is 52.3 Å². The molecule has 0 saturated carbocycles. The maximum absolute atomic E-state index is 12.3. The minimum absolute atomic E-state index is 0.212. The molecule has 1 atom stereocenters. The summed E-state index contributed by atoms with van der Waals surface area (Å²) in [4.78, 5) is 13.1. The van der Waals surface area contributed by atoms with E-state index in [1.807, 2.05) is 0 Å². The van der Waals surface area contributed by atoms with Crippen molar-refractivity contribution >= 4 is 56.4 Å². The van der Waals surface area contributed by atoms with Gasteiger partial charge in [0.25, 0.3) is 0 Å². The zero-order valence-corrected chi connectivity index (χ0v) is 16.1. The summed E-state index contributed by atoms with van der Waals surface area (Å²) in [5.41, 5.74) is 0.526. The first-order valence-electron chi connectivity index (χ1n) is 6.90. The van der Waals surface area contributed by atoms with Gasteiger partial charge in [0.2, 0.25) is 5.91 Å². The smallest absolute Gasteiger partial charge is 0.237 e. The van der Waals surface area contributed by atoms with Gasteiger partial charge in [-0.25, -0.2) is 8.42 Å². The largest absolute Gasteiger partial charge is 0.325 e. The molecule has 0 aliphatic rings. The average molecular weight is 404 g/mol. The zero-order chi connectivity index (χ0) is 17.9. The Hall–Kier alpha value is -1.21. The lowest BCUT2D eigenvalue weighted by atomic mass is 10.3. The van der Waals surface area contributed by atoms with Gasteiger partial charge in [-0.2, -0.15) is 0 Å². The van der Waals surface area contributed by atoms with E-state index in [1.165, 1.54) is 17.8 Å². The van der Waals surface area contributed by atoms with E-state index in [-0.39, 0.29) is 10.8 Å². The monoisotopic (exact) mass is 403 g/mol. The first-order valence-corrected chi connectivity index (χ1v) is 10.4. The van der Waals surface area contributed by atoms with E-state index in [2.05, 4.69) is 5.32 Å². The van der Waals surface area contributed by atoms with Gasteiger partial charge in [0.15, 0.2) is 9.84 Å². The van der Waals surface area contributed by atoms with Crippen LogP contribution in [0.1, 0.15) is 6.92 Å². The number of carbonyl (C=O) groups excluding carboxylic acids is 1. The van der Waals surface area contributed by atoms with Gasteiger partial charge >= 0.3 is 0 Å². The molecule has 8 heteroatoms. The summed E-state index contributed by atoms with van der Waals surface area (Å²) in [5.74, 6) is -0.262. The maximum atomic E-state index is 12.3. The van der Waals surface area contributed by atoms with Crippen LogP contribution in [0.5, 0.6) is 0 Å². The van der Waals surface area contributed by atoms with Crippen molar-refractivity contribution < 1.29 is 13.2 Å². The third-order valence-corrected chi connectivity index (χ3v) is 6.31. The second-order valence-electron chi connectivity index (χ2n) is 5.10. The van der Waals surface area contributed by atoms with Gasteiger partial charge in [0, 0.05) is 16.8 Å². The molecule has 0 aliphatic carbocycles. The lowest BCUT2D eigenvalue weighted by Gasteiger charge is -2.14. The third kappa shape index (κ3) is 4.89. The Morgan fingerprint density at radius 3 is 2.42 bits per heavy atom. The molecule has 2 rings (SSSR count). The Kier molecular flexibility index (Phi) is 6.20. The highest BCUT2D eigenvalue weighted by molar-refractivity contribution is 8.01. The molecular weight excluding hydrogens is 389 g/mol. The molecule has 0 bridgehead atoms. The molecule has 0 aliphatic heterocycles. The average Bonchev–Trinajstić information content (AvgIpc) is 2.50. The highest BCUT2D eigenvalue weighted by Crippen LogP contribution is 2.31. The van der Waals surface area contributed by atoms with Crippen molar-refractivity contribution in [2.75, 3.05) is 11.6 Å². The number of sulfone groups is 1. The number of rotatable bonds is 5. The Balaban J connectivity index is 2.14. The highest BCUT2D eigenvalue weighted by Gasteiger charge is 2.19. The fourth-order valence-electron chi connectivity index (χ4n) is 1.92. The molecule has 0 radical (unpaired) electrons. The van der Waals surface area contributed by atoms with Gasteiger partial charge in [-0.3, -0.25) is 4.79 Å². The van der Waals surface area contributed by atoms with Crippen molar-refractivity contribution in [3.63, 3.8) is 0 Å². The first-order chi connectivity index (χ1) is 11.2. The molecule has 0 spiro atoms. The summed E-state index contributed by atoms with van der Waals surface area (Å²) in [6, 6.07) is 11.4. The number of anilines is 1. The van der Waals surface area contributed by atoms with E-state index < -0.39 is 15.1 Å². The summed E-state index contributed by atoms with van der Waals surface area (Å²) >= 11 is 12.9. The number of carbonyl (C=O) groups is 1. The zero-order valence-electron chi connectivity index (χ0n) is 12.9. The van der Waals surface area contributed by atoms with E-state index in [4.69, 9.17) is 23.2 Å². The van der Waals surface area contributed by atoms with Crippen molar-refractivity contribution in [3.05, 3.63) is 52.5 Å². The molecule has 0 saturated heterocycles. The van der Waals surface area contributed by atoms with Crippen molar-refractivity contribution in [2.24, 2.45) is 0 Å². The number of benzene rings is 2. The fraction of sp³-hybridized carbons (Fsp3) is 0.188. The molecule has 2 aromatic carbocycles. The standard InChI is InChI=1S/C16H15Cl2NO3S2/c1-10(16(20)19-11-7-8-12(17)13(18)9-11)23-14-5-3-4-6-15(14)24(2,21)22/h3-10H,1-2H3,(H,19,20). The van der Waals surface area contributed by atoms with Crippen LogP contribution in [-0.4, -0.2) is 25.8 Å². The van der Waals surface area contributed by atoms with Crippen molar-refractivity contribution in [2.45, 2.75) is 22.0 Å². The van der Waals surface area contributed by atoms with Crippen LogP contribution in [0.25, 0.3) is 0 Å². The number of amides is 1. The highest BCUT2D eigenvalue weighted by atomic mass is 35.5. The quantitative estimate of drug-likeness (QED) is 0.745. The predicted octanol–water partition coefficient (Wildman–Crippen LogP) is 4.52. The summed E-state index contributed by atoms with van der Waals surface area (Å²) in [5, 5.41) is 2.98. The van der Waals surface area contributed by atoms with E-state index in [0.717, 1.165) is 6.26 Å². The molecule has 0 fully saturated rings. The van der Waals surface area contributed by atoms with Crippen molar-refractivity contribution in [1.82, 2.24) is 0 Å². The van der Waals surface area contributed by atoms with Gasteiger partial charge in [0.1, 0.15) is 0 Å². The van der Waals surface area contributed by atoms with Crippen LogP contribution in [0.4, 0.5) is 5.69 Å². The van der Waals surface area contributed by atoms with E-state index >= 15 is 0 Å². The minimum atomic E-state index is -3.36. The van der Waals surface area contributed by atoms with Gasteiger partial charge in [-0.1, -0.05) is 35.3 Å². The number of thioether (sulfide) groups is 1. The van der Waals surface area contributed by atoms with E-state index in [1.54, 1.807) is 43.3 Å².